The number of nitrogens with two attached hydrogens (primary N) is 1. The molecule has 0 aliphatic heterocycles. The first-order chi connectivity index (χ1) is 11.1. The zero-order valence-electron chi connectivity index (χ0n) is 13.3. The normalized spacial score (nSPS) is 19.6. The Hall–Kier alpha value is -2.24. The van der Waals surface area contributed by atoms with Gasteiger partial charge in [0.1, 0.15) is 11.9 Å². The minimum Gasteiger partial charge on any atom is -0.479 e. The van der Waals surface area contributed by atoms with Crippen molar-refractivity contribution in [3.63, 3.8) is 0 Å². The number of aliphatic hydroxyl groups excluding tert-OH is 1. The van der Waals surface area contributed by atoms with Gasteiger partial charge in [-0.3, -0.25) is 4.40 Å². The summed E-state index contributed by atoms with van der Waals surface area (Å²) in [7, 11) is 0. The molecule has 24 heavy (non-hydrogen) atoms. The number of anilines is 1. The fourth-order valence-electron chi connectivity index (χ4n) is 3.25. The second-order valence-electron chi connectivity index (χ2n) is 5.99. The number of fused-ring (bicyclic) bond motifs is 2. The van der Waals surface area contributed by atoms with E-state index in [0.717, 1.165) is 17.7 Å². The molecule has 0 radical (unpaired) electrons. The summed E-state index contributed by atoms with van der Waals surface area (Å²) < 4.78 is 8.00. The Morgan fingerprint density at radius 1 is 1.25 bits per heavy atom. The van der Waals surface area contributed by atoms with Crippen LogP contribution in [0, 0.1) is 6.92 Å². The highest BCUT2D eigenvalue weighted by atomic mass is 35.5. The van der Waals surface area contributed by atoms with Crippen molar-refractivity contribution in [3.8, 4) is 5.75 Å². The number of pyridine rings is 1. The van der Waals surface area contributed by atoms with Crippen LogP contribution in [0.3, 0.4) is 0 Å². The maximum absolute atomic E-state index is 10.4. The zero-order valence-corrected chi connectivity index (χ0v) is 14.2. The molecule has 0 saturated heterocycles. The second kappa shape index (κ2) is 6.34. The average Bonchev–Trinajstić information content (AvgIpc) is 2.86. The van der Waals surface area contributed by atoms with Crippen molar-refractivity contribution >= 4 is 23.9 Å². The Balaban J connectivity index is 0.00000169. The van der Waals surface area contributed by atoms with E-state index in [1.54, 1.807) is 0 Å². The quantitative estimate of drug-likeness (QED) is 0.748. The highest BCUT2D eigenvalue weighted by molar-refractivity contribution is 5.85. The van der Waals surface area contributed by atoms with E-state index < -0.39 is 6.10 Å². The lowest BCUT2D eigenvalue weighted by Crippen LogP contribution is -2.29. The van der Waals surface area contributed by atoms with Crippen LogP contribution in [0.4, 0.5) is 5.82 Å². The van der Waals surface area contributed by atoms with Crippen molar-refractivity contribution in [2.24, 2.45) is 0 Å². The third kappa shape index (κ3) is 2.60. The molecule has 3 aromatic rings. The number of hydrogen-bond acceptors (Lipinski definition) is 4. The molecule has 1 aliphatic rings. The average molecular weight is 346 g/mol. The molecule has 4 rings (SSSR count). The summed E-state index contributed by atoms with van der Waals surface area (Å²) in [5.41, 5.74) is 9.76. The van der Waals surface area contributed by atoms with Crippen LogP contribution in [-0.4, -0.2) is 20.6 Å². The standard InChI is InChI=1S/C18H19N3O2.ClH/c1-11-17(19)21-10-4-7-15(18(21)20-11)23-16-13-6-3-2-5-12(13)8-9-14(16)22;/h2-7,10,14,16,22H,8-9,19H2,1H3;1H/t14-,16-;/m1./s1. The molecule has 1 aliphatic carbocycles. The summed E-state index contributed by atoms with van der Waals surface area (Å²) in [5, 5.41) is 10.4. The van der Waals surface area contributed by atoms with Gasteiger partial charge in [0.2, 0.25) is 0 Å². The van der Waals surface area contributed by atoms with Crippen molar-refractivity contribution in [1.82, 2.24) is 9.38 Å². The largest absolute Gasteiger partial charge is 0.479 e. The molecule has 3 N–H and O–H groups in total. The molecule has 2 atom stereocenters. The maximum Gasteiger partial charge on any atom is 0.181 e. The van der Waals surface area contributed by atoms with E-state index in [-0.39, 0.29) is 18.5 Å². The van der Waals surface area contributed by atoms with E-state index in [1.807, 2.05) is 47.9 Å². The highest BCUT2D eigenvalue weighted by Gasteiger charge is 2.30. The fourth-order valence-corrected chi connectivity index (χ4v) is 3.25. The van der Waals surface area contributed by atoms with Crippen molar-refractivity contribution < 1.29 is 9.84 Å². The van der Waals surface area contributed by atoms with E-state index in [9.17, 15) is 5.11 Å². The summed E-state index contributed by atoms with van der Waals surface area (Å²) in [6.45, 7) is 1.87. The topological polar surface area (TPSA) is 72.8 Å². The molecule has 2 heterocycles. The number of aromatic nitrogens is 2. The Morgan fingerprint density at radius 2 is 2.04 bits per heavy atom. The first-order valence-corrected chi connectivity index (χ1v) is 7.81. The Kier molecular flexibility index (Phi) is 4.39. The van der Waals surface area contributed by atoms with Crippen LogP contribution in [0.5, 0.6) is 5.75 Å². The van der Waals surface area contributed by atoms with E-state index in [2.05, 4.69) is 11.1 Å². The first-order valence-electron chi connectivity index (χ1n) is 7.81. The molecule has 6 heteroatoms. The molecule has 5 nitrogen and oxygen atoms in total. The predicted molar refractivity (Wildman–Crippen MR) is 95.7 cm³/mol. The van der Waals surface area contributed by atoms with Gasteiger partial charge in [0.05, 0.1) is 11.8 Å². The summed E-state index contributed by atoms with van der Waals surface area (Å²) in [6, 6.07) is 11.9. The Labute approximate surface area is 146 Å². The molecule has 0 fully saturated rings. The summed E-state index contributed by atoms with van der Waals surface area (Å²) in [4.78, 5) is 4.49. The van der Waals surface area contributed by atoms with Gasteiger partial charge < -0.3 is 15.6 Å². The SMILES string of the molecule is Cc1nc2c(O[C@@H]3c4ccccc4CC[C@H]3O)cccn2c1N.Cl. The van der Waals surface area contributed by atoms with Gasteiger partial charge in [0, 0.05) is 6.20 Å². The lowest BCUT2D eigenvalue weighted by molar-refractivity contribution is 0.0234. The van der Waals surface area contributed by atoms with Gasteiger partial charge in [-0.1, -0.05) is 24.3 Å². The summed E-state index contributed by atoms with van der Waals surface area (Å²) >= 11 is 0. The van der Waals surface area contributed by atoms with Crippen molar-refractivity contribution in [2.45, 2.75) is 32.0 Å². The van der Waals surface area contributed by atoms with Gasteiger partial charge in [0.25, 0.3) is 0 Å². The van der Waals surface area contributed by atoms with Gasteiger partial charge in [-0.2, -0.15) is 0 Å². The van der Waals surface area contributed by atoms with Crippen LogP contribution in [-0.2, 0) is 6.42 Å². The molecule has 0 bridgehead atoms. The number of ether oxygens (including phenoxy) is 1. The highest BCUT2D eigenvalue weighted by Crippen LogP contribution is 2.35. The first kappa shape index (κ1) is 16.6. The molecule has 0 amide bonds. The van der Waals surface area contributed by atoms with Gasteiger partial charge in [-0.25, -0.2) is 4.98 Å². The predicted octanol–water partition coefficient (Wildman–Crippen LogP) is 3.07. The number of benzene rings is 1. The number of rotatable bonds is 2. The van der Waals surface area contributed by atoms with Crippen LogP contribution in [0.15, 0.2) is 42.6 Å². The maximum atomic E-state index is 10.4. The lowest BCUT2D eigenvalue weighted by Gasteiger charge is -2.30. The van der Waals surface area contributed by atoms with E-state index >= 15 is 0 Å². The van der Waals surface area contributed by atoms with Crippen molar-refractivity contribution in [2.75, 3.05) is 5.73 Å². The van der Waals surface area contributed by atoms with Gasteiger partial charge in [0.15, 0.2) is 11.4 Å². The van der Waals surface area contributed by atoms with Gasteiger partial charge >= 0.3 is 0 Å². The number of nitrogen functional groups attached to an aromatic ring is 1. The number of aliphatic hydroxyl groups is 1. The van der Waals surface area contributed by atoms with Gasteiger partial charge in [-0.05, 0) is 43.0 Å². The molecule has 0 unspecified atom stereocenters. The molecule has 0 spiro atoms. The number of imidazole rings is 1. The van der Waals surface area contributed by atoms with Crippen LogP contribution >= 0.6 is 12.4 Å². The van der Waals surface area contributed by atoms with Gasteiger partial charge in [-0.15, -0.1) is 12.4 Å². The number of nitrogens with zero attached hydrogens (tertiary/aromatic N) is 2. The Bertz CT molecular complexity index is 878. The van der Waals surface area contributed by atoms with Crippen LogP contribution in [0.1, 0.15) is 29.3 Å². The van der Waals surface area contributed by atoms with Crippen LogP contribution in [0.25, 0.3) is 5.65 Å². The number of aryl methyl sites for hydroxylation is 2. The smallest absolute Gasteiger partial charge is 0.181 e. The minimum absolute atomic E-state index is 0. The molecule has 126 valence electrons. The minimum atomic E-state index is -0.529. The number of halogens is 1. The van der Waals surface area contributed by atoms with E-state index in [1.165, 1.54) is 5.56 Å². The third-order valence-electron chi connectivity index (χ3n) is 4.51. The summed E-state index contributed by atoms with van der Waals surface area (Å²) in [6.07, 6.45) is 2.52. The molecule has 1 aromatic carbocycles. The van der Waals surface area contributed by atoms with Crippen molar-refractivity contribution in [1.29, 1.82) is 0 Å². The van der Waals surface area contributed by atoms with Crippen LogP contribution < -0.4 is 10.5 Å². The molecular formula is C18H20ClN3O2. The Morgan fingerprint density at radius 3 is 2.88 bits per heavy atom. The summed E-state index contributed by atoms with van der Waals surface area (Å²) in [5.74, 6) is 1.24. The third-order valence-corrected chi connectivity index (χ3v) is 4.51. The van der Waals surface area contributed by atoms with Crippen molar-refractivity contribution in [3.05, 3.63) is 59.4 Å². The zero-order chi connectivity index (χ0) is 16.0. The molecular weight excluding hydrogens is 326 g/mol. The monoisotopic (exact) mass is 345 g/mol. The van der Waals surface area contributed by atoms with E-state index in [4.69, 9.17) is 10.5 Å². The molecule has 0 saturated carbocycles. The number of hydrogen-bond donors (Lipinski definition) is 2. The van der Waals surface area contributed by atoms with Crippen LogP contribution in [0.2, 0.25) is 0 Å². The lowest BCUT2D eigenvalue weighted by atomic mass is 9.87. The fraction of sp³-hybridized carbons (Fsp3) is 0.278. The second-order valence-corrected chi connectivity index (χ2v) is 5.99. The molecule has 2 aromatic heterocycles. The van der Waals surface area contributed by atoms with E-state index in [0.29, 0.717) is 23.6 Å².